The highest BCUT2D eigenvalue weighted by molar-refractivity contribution is 7.99. The zero-order chi connectivity index (χ0) is 14.0. The third-order valence-electron chi connectivity index (χ3n) is 4.88. The van der Waals surface area contributed by atoms with Crippen LogP contribution in [0.15, 0.2) is 24.3 Å². The highest BCUT2D eigenvalue weighted by atomic mass is 32.2. The van der Waals surface area contributed by atoms with E-state index in [1.54, 1.807) is 0 Å². The Kier molecular flexibility index (Phi) is 4.39. The molecule has 0 radical (unpaired) electrons. The lowest BCUT2D eigenvalue weighted by atomic mass is 9.79. The van der Waals surface area contributed by atoms with Crippen molar-refractivity contribution in [3.63, 3.8) is 0 Å². The van der Waals surface area contributed by atoms with Crippen LogP contribution < -0.4 is 5.73 Å². The van der Waals surface area contributed by atoms with Crippen LogP contribution in [0, 0.1) is 5.92 Å². The number of benzene rings is 1. The van der Waals surface area contributed by atoms with E-state index in [9.17, 15) is 0 Å². The molecule has 0 amide bonds. The zero-order valence-electron chi connectivity index (χ0n) is 12.3. The zero-order valence-corrected chi connectivity index (χ0v) is 13.1. The Balaban J connectivity index is 1.70. The lowest BCUT2D eigenvalue weighted by Gasteiger charge is -2.40. The Morgan fingerprint density at radius 3 is 2.85 bits per heavy atom. The maximum Gasteiger partial charge on any atom is 0.0783 e. The van der Waals surface area contributed by atoms with E-state index in [0.29, 0.717) is 5.92 Å². The van der Waals surface area contributed by atoms with Crippen LogP contribution in [0.2, 0.25) is 0 Å². The summed E-state index contributed by atoms with van der Waals surface area (Å²) in [5.74, 6) is 2.97. The lowest BCUT2D eigenvalue weighted by Crippen LogP contribution is -2.42. The Hall–Kier alpha value is -0.510. The molecule has 1 aromatic rings. The fourth-order valence-electron chi connectivity index (χ4n) is 3.48. The van der Waals surface area contributed by atoms with Gasteiger partial charge >= 0.3 is 0 Å². The highest BCUT2D eigenvalue weighted by Gasteiger charge is 2.42. The van der Waals surface area contributed by atoms with E-state index in [2.05, 4.69) is 31.2 Å². The first-order valence-corrected chi connectivity index (χ1v) is 8.94. The van der Waals surface area contributed by atoms with Crippen LogP contribution in [-0.2, 0) is 11.2 Å². The van der Waals surface area contributed by atoms with Gasteiger partial charge in [-0.15, -0.1) is 0 Å². The second-order valence-corrected chi connectivity index (χ2v) is 7.31. The number of rotatable bonds is 3. The van der Waals surface area contributed by atoms with Crippen LogP contribution in [-0.4, -0.2) is 23.7 Å². The molecule has 0 bridgehead atoms. The maximum absolute atomic E-state index is 6.55. The highest BCUT2D eigenvalue weighted by Crippen LogP contribution is 2.43. The number of aryl methyl sites for hydroxylation is 1. The first kappa shape index (κ1) is 14.4. The van der Waals surface area contributed by atoms with Crippen molar-refractivity contribution in [1.82, 2.24) is 0 Å². The normalized spacial score (nSPS) is 31.6. The first-order valence-electron chi connectivity index (χ1n) is 7.78. The molecule has 20 heavy (non-hydrogen) atoms. The summed E-state index contributed by atoms with van der Waals surface area (Å²) in [5.41, 5.74) is 9.36. The van der Waals surface area contributed by atoms with E-state index < -0.39 is 0 Å². The van der Waals surface area contributed by atoms with Crippen molar-refractivity contribution in [3.8, 4) is 0 Å². The van der Waals surface area contributed by atoms with Gasteiger partial charge in [-0.05, 0) is 48.5 Å². The second-order valence-electron chi connectivity index (χ2n) is 6.21. The Bertz CT molecular complexity index is 439. The molecule has 2 N–H and O–H groups in total. The minimum Gasteiger partial charge on any atom is -0.374 e. The van der Waals surface area contributed by atoms with Crippen molar-refractivity contribution in [1.29, 1.82) is 0 Å². The van der Waals surface area contributed by atoms with Crippen molar-refractivity contribution in [2.75, 3.05) is 18.1 Å². The monoisotopic (exact) mass is 291 g/mol. The molecule has 0 aliphatic carbocycles. The molecule has 3 unspecified atom stereocenters. The summed E-state index contributed by atoms with van der Waals surface area (Å²) in [4.78, 5) is 0. The van der Waals surface area contributed by atoms with Crippen LogP contribution in [0.4, 0.5) is 0 Å². The predicted molar refractivity (Wildman–Crippen MR) is 86.1 cm³/mol. The molecule has 2 saturated heterocycles. The van der Waals surface area contributed by atoms with E-state index in [-0.39, 0.29) is 11.6 Å². The minimum atomic E-state index is 0.133. The van der Waals surface area contributed by atoms with Gasteiger partial charge in [0.05, 0.1) is 5.60 Å². The van der Waals surface area contributed by atoms with Crippen molar-refractivity contribution in [2.24, 2.45) is 11.7 Å². The average molecular weight is 291 g/mol. The van der Waals surface area contributed by atoms with Gasteiger partial charge in [-0.1, -0.05) is 31.2 Å². The first-order chi connectivity index (χ1) is 9.72. The molecule has 2 aliphatic heterocycles. The molecule has 2 aliphatic rings. The van der Waals surface area contributed by atoms with E-state index in [1.807, 2.05) is 11.8 Å². The van der Waals surface area contributed by atoms with Gasteiger partial charge in [-0.25, -0.2) is 0 Å². The molecule has 0 saturated carbocycles. The number of thioether (sulfide) groups is 1. The number of ether oxygens (including phenoxy) is 1. The summed E-state index contributed by atoms with van der Waals surface area (Å²) in [6.45, 7) is 3.07. The molecule has 1 spiro atoms. The maximum atomic E-state index is 6.55. The van der Waals surface area contributed by atoms with Crippen LogP contribution >= 0.6 is 11.8 Å². The summed E-state index contributed by atoms with van der Waals surface area (Å²) in [6.07, 6.45) is 4.53. The summed E-state index contributed by atoms with van der Waals surface area (Å²) in [5, 5.41) is 0. The number of hydrogen-bond donors (Lipinski definition) is 1. The largest absolute Gasteiger partial charge is 0.374 e. The van der Waals surface area contributed by atoms with Crippen molar-refractivity contribution < 1.29 is 4.74 Å². The molecule has 1 aromatic carbocycles. The smallest absolute Gasteiger partial charge is 0.0783 e. The van der Waals surface area contributed by atoms with Crippen molar-refractivity contribution in [2.45, 2.75) is 44.2 Å². The van der Waals surface area contributed by atoms with E-state index >= 15 is 0 Å². The third-order valence-corrected chi connectivity index (χ3v) is 6.10. The van der Waals surface area contributed by atoms with E-state index in [0.717, 1.165) is 31.6 Å². The van der Waals surface area contributed by atoms with Gasteiger partial charge in [0.2, 0.25) is 0 Å². The molecule has 3 heteroatoms. The topological polar surface area (TPSA) is 35.2 Å². The van der Waals surface area contributed by atoms with Crippen molar-refractivity contribution in [3.05, 3.63) is 35.4 Å². The molecule has 3 atom stereocenters. The fourth-order valence-corrected chi connectivity index (χ4v) is 4.86. The number of hydrogen-bond acceptors (Lipinski definition) is 3. The van der Waals surface area contributed by atoms with Crippen LogP contribution in [0.1, 0.15) is 43.4 Å². The van der Waals surface area contributed by atoms with Gasteiger partial charge in [0.25, 0.3) is 0 Å². The lowest BCUT2D eigenvalue weighted by molar-refractivity contribution is -0.0834. The third kappa shape index (κ3) is 2.90. The molecular formula is C17H25NOS. The van der Waals surface area contributed by atoms with Crippen LogP contribution in [0.3, 0.4) is 0 Å². The Morgan fingerprint density at radius 2 is 2.20 bits per heavy atom. The molecule has 3 rings (SSSR count). The molecule has 2 fully saturated rings. The Morgan fingerprint density at radius 1 is 1.40 bits per heavy atom. The van der Waals surface area contributed by atoms with E-state index in [4.69, 9.17) is 10.5 Å². The summed E-state index contributed by atoms with van der Waals surface area (Å²) >= 11 is 2.03. The van der Waals surface area contributed by atoms with Gasteiger partial charge in [0.15, 0.2) is 0 Å². The average Bonchev–Trinajstić information content (AvgIpc) is 2.94. The summed E-state index contributed by atoms with van der Waals surface area (Å²) in [7, 11) is 0. The van der Waals surface area contributed by atoms with Gasteiger partial charge in [-0.3, -0.25) is 0 Å². The molecule has 110 valence electrons. The molecular weight excluding hydrogens is 266 g/mol. The van der Waals surface area contributed by atoms with Crippen LogP contribution in [0.5, 0.6) is 0 Å². The number of nitrogens with two attached hydrogens (primary N) is 1. The van der Waals surface area contributed by atoms with E-state index in [1.165, 1.54) is 23.3 Å². The molecule has 2 heterocycles. The molecule has 0 aromatic heterocycles. The van der Waals surface area contributed by atoms with Gasteiger partial charge in [-0.2, -0.15) is 11.8 Å². The van der Waals surface area contributed by atoms with Gasteiger partial charge in [0.1, 0.15) is 0 Å². The summed E-state index contributed by atoms with van der Waals surface area (Å²) in [6, 6.07) is 9.03. The van der Waals surface area contributed by atoms with Crippen LogP contribution in [0.25, 0.3) is 0 Å². The SMILES string of the molecule is CCc1ccc(C(N)C2CCOC3(CCSC3)C2)cc1. The minimum absolute atomic E-state index is 0.133. The quantitative estimate of drug-likeness (QED) is 0.925. The predicted octanol–water partition coefficient (Wildman–Crippen LogP) is 3.55. The Labute approximate surface area is 126 Å². The second kappa shape index (κ2) is 6.08. The van der Waals surface area contributed by atoms with Gasteiger partial charge in [0, 0.05) is 18.4 Å². The molecule has 2 nitrogen and oxygen atoms in total. The van der Waals surface area contributed by atoms with Gasteiger partial charge < -0.3 is 10.5 Å². The van der Waals surface area contributed by atoms with Crippen molar-refractivity contribution >= 4 is 11.8 Å². The summed E-state index contributed by atoms with van der Waals surface area (Å²) < 4.78 is 6.10. The standard InChI is InChI=1S/C17H25NOS/c1-2-13-3-5-14(6-4-13)16(18)15-7-9-19-17(11-15)8-10-20-12-17/h3-6,15-16H,2,7-12,18H2,1H3. The fraction of sp³-hybridized carbons (Fsp3) is 0.647.